The van der Waals surface area contributed by atoms with E-state index in [0.717, 1.165) is 10.6 Å². The van der Waals surface area contributed by atoms with Gasteiger partial charge in [-0.15, -0.1) is 11.3 Å². The summed E-state index contributed by atoms with van der Waals surface area (Å²) < 4.78 is 0. The van der Waals surface area contributed by atoms with E-state index in [-0.39, 0.29) is 18.1 Å². The molecular weight excluding hydrogens is 387 g/mol. The van der Waals surface area contributed by atoms with Crippen LogP contribution in [0.4, 0.5) is 0 Å². The molecule has 0 aliphatic carbocycles. The van der Waals surface area contributed by atoms with Crippen molar-refractivity contribution in [1.82, 2.24) is 10.3 Å². The Hall–Kier alpha value is -2.03. The molecule has 0 radical (unpaired) electrons. The van der Waals surface area contributed by atoms with Crippen LogP contribution in [0.15, 0.2) is 35.7 Å². The number of hydrogen-bond donors (Lipinski definition) is 3. The lowest BCUT2D eigenvalue weighted by Gasteiger charge is -2.25. The number of benzene rings is 1. The molecule has 0 spiro atoms. The molecule has 1 aromatic heterocycles. The number of hydrogen-bond acceptors (Lipinski definition) is 6. The molecule has 0 saturated carbocycles. The third kappa shape index (κ3) is 6.77. The molecule has 0 fully saturated rings. The van der Waals surface area contributed by atoms with E-state index in [4.69, 9.17) is 0 Å². The van der Waals surface area contributed by atoms with E-state index in [1.807, 2.05) is 44.2 Å². The summed E-state index contributed by atoms with van der Waals surface area (Å²) in [7, 11) is 0. The highest BCUT2D eigenvalue weighted by molar-refractivity contribution is 7.13. The molecule has 2 aromatic rings. The van der Waals surface area contributed by atoms with Crippen LogP contribution in [0, 0.1) is 11.8 Å². The largest absolute Gasteiger partial charge is 0.449 e. The third-order valence-corrected chi connectivity index (χ3v) is 5.66. The van der Waals surface area contributed by atoms with Crippen LogP contribution in [-0.2, 0) is 4.79 Å². The number of thiazole rings is 1. The number of aliphatic hydroxyl groups is 1. The van der Waals surface area contributed by atoms with Crippen molar-refractivity contribution in [2.45, 2.75) is 52.5 Å². The minimum Gasteiger partial charge on any atom is -0.449 e. The maximum Gasteiger partial charge on any atom is 0.308 e. The van der Waals surface area contributed by atoms with Crippen molar-refractivity contribution < 1.29 is 19.7 Å². The highest BCUT2D eigenvalue weighted by atomic mass is 32.1. The van der Waals surface area contributed by atoms with Crippen LogP contribution < -0.4 is 5.32 Å². The predicted octanol–water partition coefficient (Wildman–Crippen LogP) is 3.06. The van der Waals surface area contributed by atoms with E-state index in [2.05, 4.69) is 10.3 Å². The average molecular weight is 416 g/mol. The quantitative estimate of drug-likeness (QED) is 0.408. The van der Waals surface area contributed by atoms with Crippen molar-refractivity contribution in [2.24, 2.45) is 11.8 Å². The number of aromatic nitrogens is 1. The molecule has 1 aromatic carbocycles. The van der Waals surface area contributed by atoms with Gasteiger partial charge in [-0.1, -0.05) is 51.0 Å². The van der Waals surface area contributed by atoms with Crippen molar-refractivity contribution in [3.8, 4) is 10.6 Å². The smallest absolute Gasteiger partial charge is 0.308 e. The number of rotatable bonds is 10. The lowest BCUT2D eigenvalue weighted by Crippen LogP contribution is -2.49. The van der Waals surface area contributed by atoms with E-state index in [0.29, 0.717) is 12.1 Å². The molecule has 2 rings (SSSR count). The van der Waals surface area contributed by atoms with Crippen molar-refractivity contribution in [1.29, 1.82) is 0 Å². The van der Waals surface area contributed by atoms with Crippen LogP contribution in [-0.4, -0.2) is 45.8 Å². The normalized spacial score (nSPS) is 14.3. The van der Waals surface area contributed by atoms with Gasteiger partial charge in [0.15, 0.2) is 5.78 Å². The van der Waals surface area contributed by atoms with Gasteiger partial charge in [-0.25, -0.2) is 4.98 Å². The third-order valence-electron chi connectivity index (χ3n) is 4.77. The van der Waals surface area contributed by atoms with Gasteiger partial charge in [0, 0.05) is 23.3 Å². The number of amides is 1. The van der Waals surface area contributed by atoms with E-state index in [1.54, 1.807) is 12.2 Å². The zero-order valence-electron chi connectivity index (χ0n) is 17.3. The van der Waals surface area contributed by atoms with Gasteiger partial charge in [-0.2, -0.15) is 0 Å². The first-order valence-electron chi connectivity index (χ1n) is 9.89. The van der Waals surface area contributed by atoms with Gasteiger partial charge in [0.1, 0.15) is 10.7 Å². The molecule has 0 bridgehead atoms. The summed E-state index contributed by atoms with van der Waals surface area (Å²) in [6.45, 7) is 6.40. The molecule has 3 atom stereocenters. The second kappa shape index (κ2) is 10.7. The highest BCUT2D eigenvalue weighted by Gasteiger charge is 2.31. The summed E-state index contributed by atoms with van der Waals surface area (Å²) >= 11 is 1.37. The summed E-state index contributed by atoms with van der Waals surface area (Å²) in [5, 5.41) is 25.3. The molecule has 1 heterocycles. The topological polar surface area (TPSA) is 99.5 Å². The summed E-state index contributed by atoms with van der Waals surface area (Å²) in [4.78, 5) is 29.8. The molecule has 1 amide bonds. The summed E-state index contributed by atoms with van der Waals surface area (Å²) in [6.07, 6.45) is -0.536. The van der Waals surface area contributed by atoms with Gasteiger partial charge < -0.3 is 15.4 Å². The zero-order chi connectivity index (χ0) is 21.6. The second-order valence-corrected chi connectivity index (χ2v) is 8.72. The molecule has 0 aliphatic heterocycles. The lowest BCUT2D eigenvalue weighted by atomic mass is 9.61. The van der Waals surface area contributed by atoms with Gasteiger partial charge in [0.2, 0.25) is 5.91 Å². The summed E-state index contributed by atoms with van der Waals surface area (Å²) in [5.74, 6) is -1.77. The van der Waals surface area contributed by atoms with Crippen LogP contribution in [0.1, 0.15) is 44.1 Å². The van der Waals surface area contributed by atoms with Crippen LogP contribution in [0.25, 0.3) is 10.6 Å². The standard InChI is InChI=1S/C21H29BN2O4S/c1-13(2)10-19(22(4)28)24-20(27)16(14(3)25)11-18(26)17-12-29-21(23-17)15-8-6-5-7-9-15/h5-9,12-14,16,19,25,28H,10-11H2,1-4H3,(H,24,27)/t14-,16+,19+/m1/s1. The average Bonchev–Trinajstić information content (AvgIpc) is 3.15. The molecule has 0 unspecified atom stereocenters. The van der Waals surface area contributed by atoms with Crippen molar-refractivity contribution in [3.05, 3.63) is 41.4 Å². The summed E-state index contributed by atoms with van der Waals surface area (Å²) in [5.41, 5.74) is 1.22. The minimum atomic E-state index is -1.00. The Kier molecular flexibility index (Phi) is 8.55. The number of Topliss-reactive ketones (excluding diaryl/α,β-unsaturated/α-hetero) is 1. The first kappa shape index (κ1) is 23.3. The molecule has 156 valence electrons. The highest BCUT2D eigenvalue weighted by Crippen LogP contribution is 2.25. The van der Waals surface area contributed by atoms with Crippen molar-refractivity contribution in [3.63, 3.8) is 0 Å². The van der Waals surface area contributed by atoms with E-state index < -0.39 is 30.8 Å². The molecule has 29 heavy (non-hydrogen) atoms. The monoisotopic (exact) mass is 416 g/mol. The molecule has 0 saturated heterocycles. The lowest BCUT2D eigenvalue weighted by molar-refractivity contribution is -0.128. The zero-order valence-corrected chi connectivity index (χ0v) is 18.1. The van der Waals surface area contributed by atoms with Gasteiger partial charge in [0.25, 0.3) is 0 Å². The Morgan fingerprint density at radius 2 is 1.86 bits per heavy atom. The van der Waals surface area contributed by atoms with E-state index in [1.165, 1.54) is 18.3 Å². The Morgan fingerprint density at radius 1 is 1.21 bits per heavy atom. The number of aliphatic hydroxyl groups excluding tert-OH is 1. The summed E-state index contributed by atoms with van der Waals surface area (Å²) in [6, 6.07) is 9.56. The van der Waals surface area contributed by atoms with Crippen LogP contribution >= 0.6 is 11.3 Å². The molecular formula is C21H29BN2O4S. The van der Waals surface area contributed by atoms with Gasteiger partial charge >= 0.3 is 6.92 Å². The maximum atomic E-state index is 12.7. The van der Waals surface area contributed by atoms with Crippen molar-refractivity contribution >= 4 is 29.9 Å². The minimum absolute atomic E-state index is 0.143. The van der Waals surface area contributed by atoms with Crippen molar-refractivity contribution in [2.75, 3.05) is 0 Å². The molecule has 8 heteroatoms. The molecule has 3 N–H and O–H groups in total. The molecule has 6 nitrogen and oxygen atoms in total. The van der Waals surface area contributed by atoms with Gasteiger partial charge in [-0.3, -0.25) is 9.59 Å². The van der Waals surface area contributed by atoms with E-state index in [9.17, 15) is 19.7 Å². The van der Waals surface area contributed by atoms with Gasteiger partial charge in [0.05, 0.1) is 12.0 Å². The SMILES string of the molecule is CB(O)[C@H](CC(C)C)NC(=O)[C@@H](CC(=O)c1csc(-c2ccccc2)n1)[C@@H](C)O. The Balaban J connectivity index is 2.09. The Morgan fingerprint density at radius 3 is 2.41 bits per heavy atom. The van der Waals surface area contributed by atoms with Crippen LogP contribution in [0.3, 0.4) is 0 Å². The number of carbonyl (C=O) groups excluding carboxylic acids is 2. The first-order chi connectivity index (χ1) is 13.7. The number of ketones is 1. The maximum absolute atomic E-state index is 12.7. The predicted molar refractivity (Wildman–Crippen MR) is 117 cm³/mol. The fourth-order valence-electron chi connectivity index (χ4n) is 3.08. The van der Waals surface area contributed by atoms with Crippen LogP contribution in [0.2, 0.25) is 6.82 Å². The number of nitrogens with zero attached hydrogens (tertiary/aromatic N) is 1. The number of nitrogens with one attached hydrogen (secondary N) is 1. The number of carbonyl (C=O) groups is 2. The fraction of sp³-hybridized carbons (Fsp3) is 0.476. The Labute approximate surface area is 176 Å². The van der Waals surface area contributed by atoms with Crippen LogP contribution in [0.5, 0.6) is 0 Å². The molecule has 0 aliphatic rings. The van der Waals surface area contributed by atoms with E-state index >= 15 is 0 Å². The van der Waals surface area contributed by atoms with Gasteiger partial charge in [-0.05, 0) is 19.3 Å². The Bertz CT molecular complexity index is 808. The fourth-order valence-corrected chi connectivity index (χ4v) is 3.91. The first-order valence-corrected chi connectivity index (χ1v) is 10.8. The second-order valence-electron chi connectivity index (χ2n) is 7.86.